The molecule has 2 aliphatic rings. The second kappa shape index (κ2) is 5.50. The molecule has 1 unspecified atom stereocenters. The van der Waals surface area contributed by atoms with E-state index in [-0.39, 0.29) is 0 Å². The summed E-state index contributed by atoms with van der Waals surface area (Å²) >= 11 is 0. The molecule has 3 N–H and O–H groups in total. The SMILES string of the molecule is CC(CNCC1(CN)CCCCC1)C1CC1. The molecule has 2 fully saturated rings. The largest absolute Gasteiger partial charge is 0.330 e. The van der Waals surface area contributed by atoms with Gasteiger partial charge < -0.3 is 11.1 Å². The van der Waals surface area contributed by atoms with Crippen molar-refractivity contribution in [1.82, 2.24) is 5.32 Å². The lowest BCUT2D eigenvalue weighted by Gasteiger charge is -2.36. The molecule has 94 valence electrons. The molecular formula is C14H28N2. The van der Waals surface area contributed by atoms with Crippen LogP contribution in [-0.4, -0.2) is 19.6 Å². The molecule has 0 aromatic rings. The molecule has 0 heterocycles. The van der Waals surface area contributed by atoms with Crippen molar-refractivity contribution in [2.45, 2.75) is 51.9 Å². The Morgan fingerprint density at radius 2 is 1.94 bits per heavy atom. The fraction of sp³-hybridized carbons (Fsp3) is 1.00. The first kappa shape index (κ1) is 12.4. The minimum atomic E-state index is 0.432. The first-order valence-corrected chi connectivity index (χ1v) is 7.16. The number of nitrogens with one attached hydrogen (secondary N) is 1. The molecule has 0 aromatic carbocycles. The van der Waals surface area contributed by atoms with Gasteiger partial charge in [0.1, 0.15) is 0 Å². The second-order valence-corrected chi connectivity index (χ2v) is 6.21. The normalized spacial score (nSPS) is 26.6. The maximum absolute atomic E-state index is 5.99. The van der Waals surface area contributed by atoms with E-state index in [1.54, 1.807) is 0 Å². The number of hydrogen-bond donors (Lipinski definition) is 2. The zero-order valence-corrected chi connectivity index (χ0v) is 10.8. The molecule has 2 aliphatic carbocycles. The predicted molar refractivity (Wildman–Crippen MR) is 69.3 cm³/mol. The van der Waals surface area contributed by atoms with Crippen molar-refractivity contribution in [3.63, 3.8) is 0 Å². The maximum Gasteiger partial charge on any atom is 0.00200 e. The fourth-order valence-electron chi connectivity index (χ4n) is 3.15. The number of rotatable bonds is 6. The number of nitrogens with two attached hydrogens (primary N) is 1. The third-order valence-corrected chi connectivity index (χ3v) is 4.74. The quantitative estimate of drug-likeness (QED) is 0.727. The first-order chi connectivity index (χ1) is 7.76. The predicted octanol–water partition coefficient (Wildman–Crippen LogP) is 2.53. The standard InChI is InChI=1S/C14H28N2/c1-12(13-5-6-13)9-16-11-14(10-15)7-3-2-4-8-14/h12-13,16H,2-11,15H2,1H3. The average molecular weight is 224 g/mol. The van der Waals surface area contributed by atoms with E-state index < -0.39 is 0 Å². The van der Waals surface area contributed by atoms with Gasteiger partial charge in [-0.15, -0.1) is 0 Å². The zero-order chi connectivity index (χ0) is 11.4. The Balaban J connectivity index is 1.69. The molecule has 0 bridgehead atoms. The highest BCUT2D eigenvalue weighted by Crippen LogP contribution is 2.37. The minimum absolute atomic E-state index is 0.432. The summed E-state index contributed by atoms with van der Waals surface area (Å²) in [4.78, 5) is 0. The third kappa shape index (κ3) is 3.21. The van der Waals surface area contributed by atoms with Gasteiger partial charge in [-0.05, 0) is 56.0 Å². The van der Waals surface area contributed by atoms with Crippen molar-refractivity contribution in [2.75, 3.05) is 19.6 Å². The van der Waals surface area contributed by atoms with Crippen LogP contribution in [0.25, 0.3) is 0 Å². The monoisotopic (exact) mass is 224 g/mol. The Kier molecular flexibility index (Phi) is 4.26. The lowest BCUT2D eigenvalue weighted by atomic mass is 9.74. The molecule has 16 heavy (non-hydrogen) atoms. The Bertz CT molecular complexity index is 205. The lowest BCUT2D eigenvalue weighted by molar-refractivity contribution is 0.188. The summed E-state index contributed by atoms with van der Waals surface area (Å²) in [5.74, 6) is 1.89. The first-order valence-electron chi connectivity index (χ1n) is 7.16. The van der Waals surface area contributed by atoms with Crippen LogP contribution in [-0.2, 0) is 0 Å². The van der Waals surface area contributed by atoms with E-state index in [9.17, 15) is 0 Å². The molecule has 2 nitrogen and oxygen atoms in total. The number of hydrogen-bond acceptors (Lipinski definition) is 2. The molecule has 1 atom stereocenters. The van der Waals surface area contributed by atoms with Crippen molar-refractivity contribution in [3.8, 4) is 0 Å². The van der Waals surface area contributed by atoms with Crippen LogP contribution in [0, 0.1) is 17.3 Å². The van der Waals surface area contributed by atoms with Gasteiger partial charge in [0.25, 0.3) is 0 Å². The molecular weight excluding hydrogens is 196 g/mol. The van der Waals surface area contributed by atoms with Crippen LogP contribution in [0.2, 0.25) is 0 Å². The van der Waals surface area contributed by atoms with E-state index in [0.29, 0.717) is 5.41 Å². The lowest BCUT2D eigenvalue weighted by Crippen LogP contribution is -2.43. The molecule has 0 aliphatic heterocycles. The van der Waals surface area contributed by atoms with E-state index in [2.05, 4.69) is 12.2 Å². The minimum Gasteiger partial charge on any atom is -0.330 e. The van der Waals surface area contributed by atoms with Crippen LogP contribution < -0.4 is 11.1 Å². The van der Waals surface area contributed by atoms with Gasteiger partial charge in [-0.2, -0.15) is 0 Å². The Hall–Kier alpha value is -0.0800. The highest BCUT2D eigenvalue weighted by Gasteiger charge is 2.31. The molecule has 2 saturated carbocycles. The summed E-state index contributed by atoms with van der Waals surface area (Å²) in [5.41, 5.74) is 6.42. The van der Waals surface area contributed by atoms with Crippen molar-refractivity contribution in [2.24, 2.45) is 23.0 Å². The van der Waals surface area contributed by atoms with Crippen LogP contribution in [0.3, 0.4) is 0 Å². The van der Waals surface area contributed by atoms with Gasteiger partial charge in [0.05, 0.1) is 0 Å². The summed E-state index contributed by atoms with van der Waals surface area (Å²) in [5, 5.41) is 3.69. The summed E-state index contributed by atoms with van der Waals surface area (Å²) in [6.07, 6.45) is 9.80. The maximum atomic E-state index is 5.99. The molecule has 2 heteroatoms. The van der Waals surface area contributed by atoms with Gasteiger partial charge in [-0.1, -0.05) is 26.2 Å². The summed E-state index contributed by atoms with van der Waals surface area (Å²) in [6, 6.07) is 0. The Morgan fingerprint density at radius 3 is 2.50 bits per heavy atom. The van der Waals surface area contributed by atoms with Gasteiger partial charge in [-0.25, -0.2) is 0 Å². The summed E-state index contributed by atoms with van der Waals surface area (Å²) in [6.45, 7) is 5.62. The van der Waals surface area contributed by atoms with E-state index >= 15 is 0 Å². The van der Waals surface area contributed by atoms with E-state index in [4.69, 9.17) is 5.73 Å². The Morgan fingerprint density at radius 1 is 1.25 bits per heavy atom. The smallest absolute Gasteiger partial charge is 0.00200 e. The Labute approximate surface area is 100 Å². The molecule has 0 spiro atoms. The fourth-order valence-corrected chi connectivity index (χ4v) is 3.15. The molecule has 0 radical (unpaired) electrons. The van der Waals surface area contributed by atoms with Crippen LogP contribution in [0.4, 0.5) is 0 Å². The van der Waals surface area contributed by atoms with Crippen LogP contribution >= 0.6 is 0 Å². The van der Waals surface area contributed by atoms with Crippen molar-refractivity contribution in [1.29, 1.82) is 0 Å². The summed E-state index contributed by atoms with van der Waals surface area (Å²) < 4.78 is 0. The third-order valence-electron chi connectivity index (χ3n) is 4.74. The molecule has 0 aromatic heterocycles. The summed E-state index contributed by atoms with van der Waals surface area (Å²) in [7, 11) is 0. The van der Waals surface area contributed by atoms with Crippen molar-refractivity contribution in [3.05, 3.63) is 0 Å². The molecule has 0 amide bonds. The van der Waals surface area contributed by atoms with Gasteiger partial charge >= 0.3 is 0 Å². The van der Waals surface area contributed by atoms with Crippen LogP contribution in [0.1, 0.15) is 51.9 Å². The van der Waals surface area contributed by atoms with E-state index in [0.717, 1.165) is 24.9 Å². The van der Waals surface area contributed by atoms with Gasteiger partial charge in [-0.3, -0.25) is 0 Å². The van der Waals surface area contributed by atoms with Crippen LogP contribution in [0.15, 0.2) is 0 Å². The zero-order valence-electron chi connectivity index (χ0n) is 10.8. The van der Waals surface area contributed by atoms with Crippen molar-refractivity contribution < 1.29 is 0 Å². The van der Waals surface area contributed by atoms with Crippen LogP contribution in [0.5, 0.6) is 0 Å². The average Bonchev–Trinajstić information content (AvgIpc) is 3.14. The van der Waals surface area contributed by atoms with E-state index in [1.165, 1.54) is 51.5 Å². The second-order valence-electron chi connectivity index (χ2n) is 6.21. The topological polar surface area (TPSA) is 38.0 Å². The van der Waals surface area contributed by atoms with Crippen molar-refractivity contribution >= 4 is 0 Å². The highest BCUT2D eigenvalue weighted by atomic mass is 14.9. The van der Waals surface area contributed by atoms with Gasteiger partial charge in [0, 0.05) is 6.54 Å². The highest BCUT2D eigenvalue weighted by molar-refractivity contribution is 4.87. The van der Waals surface area contributed by atoms with Gasteiger partial charge in [0.2, 0.25) is 0 Å². The van der Waals surface area contributed by atoms with E-state index in [1.807, 2.05) is 0 Å². The molecule has 2 rings (SSSR count). The van der Waals surface area contributed by atoms with Gasteiger partial charge in [0.15, 0.2) is 0 Å². The molecule has 0 saturated heterocycles.